The summed E-state index contributed by atoms with van der Waals surface area (Å²) >= 11 is 0. The molecule has 0 aromatic rings. The smallest absolute Gasteiger partial charge is 0.481 e. The predicted molar refractivity (Wildman–Crippen MR) is 61.2 cm³/mol. The van der Waals surface area contributed by atoms with E-state index in [1.807, 2.05) is 0 Å². The molecule has 0 amide bonds. The molecule has 0 heterocycles. The summed E-state index contributed by atoms with van der Waals surface area (Å²) in [6.45, 7) is 11.3. The van der Waals surface area contributed by atoms with E-state index in [0.717, 1.165) is 25.7 Å². The summed E-state index contributed by atoms with van der Waals surface area (Å²) in [4.78, 5) is 10.5. The van der Waals surface area contributed by atoms with Gasteiger partial charge in [-0.3, -0.25) is 4.79 Å². The van der Waals surface area contributed by atoms with Crippen molar-refractivity contribution >= 4 is 5.97 Å². The van der Waals surface area contributed by atoms with Crippen molar-refractivity contribution in [1.82, 2.24) is 0 Å². The van der Waals surface area contributed by atoms with E-state index < -0.39 is 11.4 Å². The Morgan fingerprint density at radius 1 is 1.27 bits per heavy atom. The van der Waals surface area contributed by atoms with Gasteiger partial charge in [0.15, 0.2) is 0 Å². The first-order valence-electron chi connectivity index (χ1n) is 5.45. The number of hydrogen-bond donors (Lipinski definition) is 1. The topological polar surface area (TPSA) is 37.3 Å². The SMILES string of the molecule is CCCCC(C)(C)C(=O)O.[CH2-]CCC.[Li+]. The van der Waals surface area contributed by atoms with E-state index in [1.165, 1.54) is 6.42 Å². The Kier molecular flexibility index (Phi) is 16.6. The average molecular weight is 208 g/mol. The van der Waals surface area contributed by atoms with Gasteiger partial charge in [0, 0.05) is 0 Å². The Hall–Kier alpha value is 0.0674. The Morgan fingerprint density at radius 3 is 1.87 bits per heavy atom. The van der Waals surface area contributed by atoms with Gasteiger partial charge < -0.3 is 12.0 Å². The van der Waals surface area contributed by atoms with Gasteiger partial charge in [0.2, 0.25) is 0 Å². The molecule has 0 fully saturated rings. The van der Waals surface area contributed by atoms with Crippen LogP contribution in [0.4, 0.5) is 0 Å². The van der Waals surface area contributed by atoms with Crippen molar-refractivity contribution in [3.63, 3.8) is 0 Å². The van der Waals surface area contributed by atoms with Gasteiger partial charge in [0.05, 0.1) is 5.41 Å². The van der Waals surface area contributed by atoms with E-state index in [1.54, 1.807) is 13.8 Å². The first-order chi connectivity index (χ1) is 6.42. The molecule has 15 heavy (non-hydrogen) atoms. The maximum Gasteiger partial charge on any atom is 1.00 e. The van der Waals surface area contributed by atoms with Crippen LogP contribution in [-0.2, 0) is 4.79 Å². The summed E-state index contributed by atoms with van der Waals surface area (Å²) in [5, 5.41) is 8.67. The molecule has 0 aliphatic heterocycles. The van der Waals surface area contributed by atoms with Gasteiger partial charge in [-0.25, -0.2) is 0 Å². The second kappa shape index (κ2) is 12.1. The van der Waals surface area contributed by atoms with Crippen LogP contribution in [-0.4, -0.2) is 11.1 Å². The molecule has 0 saturated heterocycles. The second-order valence-electron chi connectivity index (χ2n) is 4.15. The maximum absolute atomic E-state index is 10.5. The fourth-order valence-corrected chi connectivity index (χ4v) is 0.726. The molecule has 0 bridgehead atoms. The largest absolute Gasteiger partial charge is 1.00 e. The summed E-state index contributed by atoms with van der Waals surface area (Å²) < 4.78 is 0. The summed E-state index contributed by atoms with van der Waals surface area (Å²) in [5.41, 5.74) is -0.532. The van der Waals surface area contributed by atoms with Crippen molar-refractivity contribution in [2.75, 3.05) is 0 Å². The van der Waals surface area contributed by atoms with Crippen LogP contribution in [0.15, 0.2) is 0 Å². The van der Waals surface area contributed by atoms with Crippen LogP contribution in [0.3, 0.4) is 0 Å². The van der Waals surface area contributed by atoms with Crippen molar-refractivity contribution in [3.05, 3.63) is 6.92 Å². The first kappa shape index (κ1) is 20.5. The normalized spacial score (nSPS) is 9.67. The summed E-state index contributed by atoms with van der Waals surface area (Å²) in [7, 11) is 0. The molecule has 2 nitrogen and oxygen atoms in total. The van der Waals surface area contributed by atoms with Crippen molar-refractivity contribution < 1.29 is 28.8 Å². The van der Waals surface area contributed by atoms with Crippen molar-refractivity contribution in [1.29, 1.82) is 0 Å². The third-order valence-corrected chi connectivity index (χ3v) is 2.09. The minimum atomic E-state index is -0.694. The van der Waals surface area contributed by atoms with Gasteiger partial charge in [-0.15, -0.1) is 0 Å². The van der Waals surface area contributed by atoms with Crippen LogP contribution in [0.5, 0.6) is 0 Å². The maximum atomic E-state index is 10.5. The predicted octanol–water partition coefficient (Wildman–Crippen LogP) is 0.912. The molecular weight excluding hydrogens is 183 g/mol. The third-order valence-electron chi connectivity index (χ3n) is 2.09. The molecule has 0 unspecified atom stereocenters. The van der Waals surface area contributed by atoms with E-state index in [4.69, 9.17) is 5.11 Å². The fraction of sp³-hybridized carbons (Fsp3) is 0.833. The second-order valence-corrected chi connectivity index (χ2v) is 4.15. The molecule has 0 aromatic carbocycles. The number of hydrogen-bond acceptors (Lipinski definition) is 1. The van der Waals surface area contributed by atoms with Gasteiger partial charge in [0.1, 0.15) is 0 Å². The molecule has 0 radical (unpaired) electrons. The molecule has 0 rings (SSSR count). The Morgan fingerprint density at radius 2 is 1.67 bits per heavy atom. The van der Waals surface area contributed by atoms with Crippen LogP contribution in [0.25, 0.3) is 0 Å². The Labute approximate surface area is 107 Å². The number of rotatable bonds is 5. The van der Waals surface area contributed by atoms with Crippen molar-refractivity contribution in [2.24, 2.45) is 5.41 Å². The van der Waals surface area contributed by atoms with E-state index in [2.05, 4.69) is 20.8 Å². The fourth-order valence-electron chi connectivity index (χ4n) is 0.726. The monoisotopic (exact) mass is 208 g/mol. The Balaban J connectivity index is -0.000000249. The van der Waals surface area contributed by atoms with Crippen LogP contribution in [0, 0.1) is 12.3 Å². The van der Waals surface area contributed by atoms with Crippen molar-refractivity contribution in [3.8, 4) is 0 Å². The van der Waals surface area contributed by atoms with Crippen LogP contribution >= 0.6 is 0 Å². The zero-order valence-corrected chi connectivity index (χ0v) is 11.1. The zero-order valence-electron chi connectivity index (χ0n) is 11.1. The van der Waals surface area contributed by atoms with Crippen LogP contribution in [0.1, 0.15) is 59.8 Å². The van der Waals surface area contributed by atoms with Crippen molar-refractivity contribution in [2.45, 2.75) is 59.8 Å². The molecule has 0 saturated carbocycles. The van der Waals surface area contributed by atoms with Gasteiger partial charge in [0.25, 0.3) is 0 Å². The minimum absolute atomic E-state index is 0. The molecule has 0 aromatic heterocycles. The van der Waals surface area contributed by atoms with E-state index in [9.17, 15) is 4.79 Å². The van der Waals surface area contributed by atoms with E-state index in [-0.39, 0.29) is 18.9 Å². The zero-order chi connectivity index (χ0) is 11.6. The number of unbranched alkanes of at least 4 members (excludes halogenated alkanes) is 2. The molecule has 0 spiro atoms. The third kappa shape index (κ3) is 14.1. The number of carboxylic acid groups (broad SMARTS) is 1. The molecule has 0 atom stereocenters. The molecule has 0 aliphatic rings. The van der Waals surface area contributed by atoms with Gasteiger partial charge >= 0.3 is 24.8 Å². The van der Waals surface area contributed by atoms with Crippen LogP contribution in [0.2, 0.25) is 0 Å². The summed E-state index contributed by atoms with van der Waals surface area (Å²) in [6, 6.07) is 0. The molecule has 1 N–H and O–H groups in total. The quantitative estimate of drug-likeness (QED) is 0.538. The van der Waals surface area contributed by atoms with E-state index >= 15 is 0 Å². The van der Waals surface area contributed by atoms with Gasteiger partial charge in [-0.2, -0.15) is 6.42 Å². The molecule has 86 valence electrons. The molecule has 0 aliphatic carbocycles. The molecular formula is C12H25LiO2. The molecule has 3 heteroatoms. The standard InChI is InChI=1S/C8H16O2.C4H9.Li/c1-4-5-6-8(2,3)7(9)10;1-3-4-2;/h4-6H2,1-3H3,(H,9,10);1,3-4H2,2H3;/q;-1;+1. The number of aliphatic carboxylic acids is 1. The number of carboxylic acids is 1. The van der Waals surface area contributed by atoms with Gasteiger partial charge in [-0.1, -0.05) is 33.1 Å². The first-order valence-corrected chi connectivity index (χ1v) is 5.45. The summed E-state index contributed by atoms with van der Waals surface area (Å²) in [6.07, 6.45) is 5.12. The minimum Gasteiger partial charge on any atom is -0.481 e. The Bertz CT molecular complexity index is 143. The van der Waals surface area contributed by atoms with E-state index in [0.29, 0.717) is 0 Å². The average Bonchev–Trinajstić information content (AvgIpc) is 2.15. The van der Waals surface area contributed by atoms with Crippen LogP contribution < -0.4 is 18.9 Å². The number of carbonyl (C=O) groups is 1. The van der Waals surface area contributed by atoms with Gasteiger partial charge in [-0.05, 0) is 20.3 Å². The summed E-state index contributed by atoms with van der Waals surface area (Å²) in [5.74, 6) is -0.694.